The molecular formula is C17H29N3O2. The van der Waals surface area contributed by atoms with E-state index in [2.05, 4.69) is 21.6 Å². The molecule has 0 bridgehead atoms. The molecule has 0 atom stereocenters. The minimum absolute atomic E-state index is 0.0936. The molecule has 0 aromatic heterocycles. The Morgan fingerprint density at radius 3 is 2.77 bits per heavy atom. The van der Waals surface area contributed by atoms with E-state index in [9.17, 15) is 4.79 Å². The van der Waals surface area contributed by atoms with Gasteiger partial charge in [0.15, 0.2) is 0 Å². The molecule has 0 spiro atoms. The van der Waals surface area contributed by atoms with Gasteiger partial charge in [-0.05, 0) is 25.8 Å². The molecule has 3 rings (SSSR count). The fraction of sp³-hybridized carbons (Fsp3) is 0.824. The number of amides is 1. The van der Waals surface area contributed by atoms with Gasteiger partial charge in [-0.25, -0.2) is 0 Å². The fourth-order valence-corrected chi connectivity index (χ4v) is 4.08. The molecular weight excluding hydrogens is 278 g/mol. The number of hydrogen-bond acceptors (Lipinski definition) is 4. The maximum Gasteiger partial charge on any atom is 0.222 e. The van der Waals surface area contributed by atoms with Gasteiger partial charge in [-0.1, -0.05) is 24.5 Å². The van der Waals surface area contributed by atoms with E-state index in [0.717, 1.165) is 65.2 Å². The Hall–Kier alpha value is -0.910. The summed E-state index contributed by atoms with van der Waals surface area (Å²) < 4.78 is 5.48. The van der Waals surface area contributed by atoms with Crippen molar-refractivity contribution in [2.24, 2.45) is 0 Å². The van der Waals surface area contributed by atoms with Gasteiger partial charge in [-0.15, -0.1) is 0 Å². The van der Waals surface area contributed by atoms with Crippen molar-refractivity contribution in [1.29, 1.82) is 0 Å². The summed E-state index contributed by atoms with van der Waals surface area (Å²) in [6, 6.07) is 0. The highest BCUT2D eigenvalue weighted by molar-refractivity contribution is 5.77. The van der Waals surface area contributed by atoms with E-state index in [4.69, 9.17) is 4.74 Å². The Morgan fingerprint density at radius 1 is 1.32 bits per heavy atom. The number of carbonyl (C=O) groups excluding carboxylic acids is 1. The molecule has 1 saturated heterocycles. The van der Waals surface area contributed by atoms with Crippen molar-refractivity contribution in [1.82, 2.24) is 15.5 Å². The van der Waals surface area contributed by atoms with E-state index >= 15 is 0 Å². The quantitative estimate of drug-likeness (QED) is 0.746. The first-order valence-corrected chi connectivity index (χ1v) is 8.77. The van der Waals surface area contributed by atoms with Crippen LogP contribution in [0.15, 0.2) is 11.6 Å². The minimum atomic E-state index is 0.0936. The first-order valence-electron chi connectivity index (χ1n) is 8.77. The summed E-state index contributed by atoms with van der Waals surface area (Å²) in [7, 11) is 0. The Morgan fingerprint density at radius 2 is 2.09 bits per heavy atom. The molecule has 1 aliphatic carbocycles. The van der Waals surface area contributed by atoms with Crippen LogP contribution >= 0.6 is 0 Å². The van der Waals surface area contributed by atoms with Crippen LogP contribution < -0.4 is 10.6 Å². The van der Waals surface area contributed by atoms with Gasteiger partial charge in [-0.3, -0.25) is 9.69 Å². The first-order chi connectivity index (χ1) is 10.8. The van der Waals surface area contributed by atoms with Crippen LogP contribution in [0.2, 0.25) is 0 Å². The van der Waals surface area contributed by atoms with Gasteiger partial charge in [0.1, 0.15) is 0 Å². The zero-order valence-corrected chi connectivity index (χ0v) is 13.5. The Labute approximate surface area is 133 Å². The molecule has 5 heteroatoms. The molecule has 2 aliphatic heterocycles. The zero-order chi connectivity index (χ0) is 15.3. The predicted octanol–water partition coefficient (Wildman–Crippen LogP) is 1.06. The topological polar surface area (TPSA) is 53.6 Å². The van der Waals surface area contributed by atoms with Gasteiger partial charge in [0, 0.05) is 38.1 Å². The number of carbonyl (C=O) groups is 1. The lowest BCUT2D eigenvalue weighted by atomic mass is 9.90. The van der Waals surface area contributed by atoms with Crippen molar-refractivity contribution in [3.05, 3.63) is 11.6 Å². The molecule has 0 unspecified atom stereocenters. The summed E-state index contributed by atoms with van der Waals surface area (Å²) in [5.74, 6) is 0.216. The van der Waals surface area contributed by atoms with Crippen LogP contribution in [0.4, 0.5) is 0 Å². The van der Waals surface area contributed by atoms with Crippen LogP contribution in [0, 0.1) is 0 Å². The molecule has 1 amide bonds. The summed E-state index contributed by atoms with van der Waals surface area (Å²) in [6.45, 7) is 6.25. The second-order valence-electron chi connectivity index (χ2n) is 6.80. The molecule has 22 heavy (non-hydrogen) atoms. The molecule has 1 saturated carbocycles. The van der Waals surface area contributed by atoms with Crippen LogP contribution in [-0.4, -0.2) is 62.3 Å². The molecule has 124 valence electrons. The smallest absolute Gasteiger partial charge is 0.222 e. The van der Waals surface area contributed by atoms with E-state index in [-0.39, 0.29) is 11.4 Å². The van der Waals surface area contributed by atoms with E-state index < -0.39 is 0 Å². The number of hydrogen-bond donors (Lipinski definition) is 2. The van der Waals surface area contributed by atoms with Gasteiger partial charge < -0.3 is 15.4 Å². The van der Waals surface area contributed by atoms with Crippen molar-refractivity contribution in [3.63, 3.8) is 0 Å². The molecule has 2 heterocycles. The number of ether oxygens (including phenoxy) is 1. The minimum Gasteiger partial charge on any atom is -0.379 e. The first kappa shape index (κ1) is 16.0. The highest BCUT2D eigenvalue weighted by Crippen LogP contribution is 2.38. The molecule has 3 aliphatic rings. The summed E-state index contributed by atoms with van der Waals surface area (Å²) in [5, 5.41) is 6.45. The van der Waals surface area contributed by atoms with E-state index in [1.165, 1.54) is 18.4 Å². The molecule has 0 aromatic carbocycles. The van der Waals surface area contributed by atoms with Crippen molar-refractivity contribution in [2.45, 2.75) is 44.1 Å². The SMILES string of the molecule is O=C(CC1(N2CCOCC2)CCCC1)NCC1=CCNCC1. The van der Waals surface area contributed by atoms with Crippen LogP contribution in [-0.2, 0) is 9.53 Å². The molecule has 2 fully saturated rings. The second-order valence-corrected chi connectivity index (χ2v) is 6.80. The van der Waals surface area contributed by atoms with Crippen LogP contribution in [0.25, 0.3) is 0 Å². The third-order valence-electron chi connectivity index (χ3n) is 5.38. The largest absolute Gasteiger partial charge is 0.379 e. The van der Waals surface area contributed by atoms with Crippen molar-refractivity contribution >= 4 is 5.91 Å². The van der Waals surface area contributed by atoms with Crippen molar-refractivity contribution in [3.8, 4) is 0 Å². The normalized spacial score (nSPS) is 25.7. The number of morpholine rings is 1. The third kappa shape index (κ3) is 3.89. The lowest BCUT2D eigenvalue weighted by Crippen LogP contribution is -2.54. The molecule has 0 aromatic rings. The number of rotatable bonds is 5. The Balaban J connectivity index is 1.53. The average molecular weight is 307 g/mol. The second kappa shape index (κ2) is 7.57. The van der Waals surface area contributed by atoms with Gasteiger partial charge in [0.05, 0.1) is 13.2 Å². The molecule has 0 radical (unpaired) electrons. The summed E-state index contributed by atoms with van der Waals surface area (Å²) in [4.78, 5) is 15.0. The number of nitrogens with one attached hydrogen (secondary N) is 2. The van der Waals surface area contributed by atoms with Gasteiger partial charge in [0.2, 0.25) is 5.91 Å². The predicted molar refractivity (Wildman–Crippen MR) is 86.8 cm³/mol. The molecule has 5 nitrogen and oxygen atoms in total. The van der Waals surface area contributed by atoms with Gasteiger partial charge in [0.25, 0.3) is 0 Å². The third-order valence-corrected chi connectivity index (χ3v) is 5.38. The Kier molecular flexibility index (Phi) is 5.50. The lowest BCUT2D eigenvalue weighted by Gasteiger charge is -2.43. The van der Waals surface area contributed by atoms with E-state index in [1.807, 2.05) is 0 Å². The number of nitrogens with zero attached hydrogens (tertiary/aromatic N) is 1. The van der Waals surface area contributed by atoms with Gasteiger partial charge >= 0.3 is 0 Å². The summed E-state index contributed by atoms with van der Waals surface area (Å²) in [5.41, 5.74) is 1.45. The monoisotopic (exact) mass is 307 g/mol. The average Bonchev–Trinajstić information content (AvgIpc) is 3.04. The van der Waals surface area contributed by atoms with E-state index in [0.29, 0.717) is 6.42 Å². The van der Waals surface area contributed by atoms with Crippen LogP contribution in [0.3, 0.4) is 0 Å². The maximum atomic E-state index is 12.5. The lowest BCUT2D eigenvalue weighted by molar-refractivity contribution is -0.125. The van der Waals surface area contributed by atoms with E-state index in [1.54, 1.807) is 0 Å². The Bertz CT molecular complexity index is 410. The van der Waals surface area contributed by atoms with Gasteiger partial charge in [-0.2, -0.15) is 0 Å². The highest BCUT2D eigenvalue weighted by Gasteiger charge is 2.41. The maximum absolute atomic E-state index is 12.5. The van der Waals surface area contributed by atoms with Crippen LogP contribution in [0.1, 0.15) is 38.5 Å². The standard InChI is InChI=1S/C17H29N3O2/c21-16(19-14-15-3-7-18-8-4-15)13-17(5-1-2-6-17)20-9-11-22-12-10-20/h3,18H,1-2,4-14H2,(H,19,21). The van der Waals surface area contributed by atoms with Crippen molar-refractivity contribution < 1.29 is 9.53 Å². The summed E-state index contributed by atoms with van der Waals surface area (Å²) >= 11 is 0. The van der Waals surface area contributed by atoms with Crippen LogP contribution in [0.5, 0.6) is 0 Å². The highest BCUT2D eigenvalue weighted by atomic mass is 16.5. The molecule has 2 N–H and O–H groups in total. The summed E-state index contributed by atoms with van der Waals surface area (Å²) in [6.07, 6.45) is 8.73. The zero-order valence-electron chi connectivity index (χ0n) is 13.5. The van der Waals surface area contributed by atoms with Crippen molar-refractivity contribution in [2.75, 3.05) is 45.9 Å². The fourth-order valence-electron chi connectivity index (χ4n) is 4.08.